The predicted octanol–water partition coefficient (Wildman–Crippen LogP) is 3.35. The van der Waals surface area contributed by atoms with Gasteiger partial charge in [-0.2, -0.15) is 0 Å². The summed E-state index contributed by atoms with van der Waals surface area (Å²) in [6.07, 6.45) is 0.596. The predicted molar refractivity (Wildman–Crippen MR) is 88.3 cm³/mol. The number of hydrogen-bond acceptors (Lipinski definition) is 4. The van der Waals surface area contributed by atoms with Gasteiger partial charge in [0, 0.05) is 36.8 Å². The maximum absolute atomic E-state index is 14.5. The van der Waals surface area contributed by atoms with Gasteiger partial charge in [-0.1, -0.05) is 30.3 Å². The van der Waals surface area contributed by atoms with E-state index >= 15 is 0 Å². The lowest BCUT2D eigenvalue weighted by Gasteiger charge is -2.35. The molecule has 6 heteroatoms. The Labute approximate surface area is 139 Å². The molecule has 1 unspecified atom stereocenters. The Morgan fingerprint density at radius 1 is 1.17 bits per heavy atom. The van der Waals surface area contributed by atoms with E-state index in [0.717, 1.165) is 5.56 Å². The lowest BCUT2D eigenvalue weighted by Crippen LogP contribution is -2.40. The van der Waals surface area contributed by atoms with Crippen LogP contribution in [-0.4, -0.2) is 36.1 Å². The van der Waals surface area contributed by atoms with Crippen molar-refractivity contribution in [3.8, 4) is 0 Å². The Hall–Kier alpha value is -2.31. The molecule has 1 aliphatic heterocycles. The van der Waals surface area contributed by atoms with E-state index in [0.29, 0.717) is 38.3 Å². The summed E-state index contributed by atoms with van der Waals surface area (Å²) in [7, 11) is 0. The molecule has 0 N–H and O–H groups in total. The number of hydrogen-bond donors (Lipinski definition) is 0. The van der Waals surface area contributed by atoms with Gasteiger partial charge in [-0.15, -0.1) is 0 Å². The quantitative estimate of drug-likeness (QED) is 0.623. The summed E-state index contributed by atoms with van der Waals surface area (Å²) in [5, 5.41) is 11.1. The SMILES string of the molecule is O=[N+]([O-])c1ccc(F)c(C(Cc2ccccc2)N2CCOCC2)c1. The van der Waals surface area contributed by atoms with Crippen LogP contribution in [0.25, 0.3) is 0 Å². The van der Waals surface area contributed by atoms with Crippen molar-refractivity contribution < 1.29 is 14.1 Å². The summed E-state index contributed by atoms with van der Waals surface area (Å²) < 4.78 is 19.8. The number of benzene rings is 2. The monoisotopic (exact) mass is 330 g/mol. The fraction of sp³-hybridized carbons (Fsp3) is 0.333. The summed E-state index contributed by atoms with van der Waals surface area (Å²) in [4.78, 5) is 12.7. The van der Waals surface area contributed by atoms with Crippen LogP contribution >= 0.6 is 0 Å². The van der Waals surface area contributed by atoms with Gasteiger partial charge >= 0.3 is 0 Å². The third kappa shape index (κ3) is 3.77. The second kappa shape index (κ2) is 7.51. The zero-order valence-electron chi connectivity index (χ0n) is 13.2. The number of non-ortho nitro benzene ring substituents is 1. The molecular formula is C18H19FN2O3. The molecule has 1 atom stereocenters. The van der Waals surface area contributed by atoms with E-state index < -0.39 is 10.7 Å². The number of nitro groups is 1. The molecule has 0 radical (unpaired) electrons. The summed E-state index contributed by atoms with van der Waals surface area (Å²) in [5.41, 5.74) is 1.35. The first-order valence-electron chi connectivity index (χ1n) is 7.94. The number of halogens is 1. The molecule has 1 aliphatic rings. The fourth-order valence-corrected chi connectivity index (χ4v) is 3.06. The first kappa shape index (κ1) is 16.5. The van der Waals surface area contributed by atoms with Gasteiger partial charge in [0.05, 0.1) is 18.1 Å². The smallest absolute Gasteiger partial charge is 0.269 e. The number of nitrogens with zero attached hydrogens (tertiary/aromatic N) is 2. The van der Waals surface area contributed by atoms with Crippen molar-refractivity contribution >= 4 is 5.69 Å². The molecule has 1 fully saturated rings. The van der Waals surface area contributed by atoms with E-state index in [-0.39, 0.29) is 11.7 Å². The van der Waals surface area contributed by atoms with E-state index in [1.165, 1.54) is 18.2 Å². The molecule has 0 saturated carbocycles. The van der Waals surface area contributed by atoms with Crippen molar-refractivity contribution in [1.82, 2.24) is 4.90 Å². The highest BCUT2D eigenvalue weighted by Crippen LogP contribution is 2.30. The molecule has 3 rings (SSSR count). The summed E-state index contributed by atoms with van der Waals surface area (Å²) in [6.45, 7) is 2.53. The zero-order valence-corrected chi connectivity index (χ0v) is 13.2. The van der Waals surface area contributed by atoms with Crippen molar-refractivity contribution in [1.29, 1.82) is 0 Å². The molecule has 2 aromatic carbocycles. The second-order valence-corrected chi connectivity index (χ2v) is 5.82. The molecule has 0 bridgehead atoms. The topological polar surface area (TPSA) is 55.6 Å². The lowest BCUT2D eigenvalue weighted by molar-refractivity contribution is -0.385. The molecule has 0 aliphatic carbocycles. The number of nitro benzene ring substituents is 1. The third-order valence-corrected chi connectivity index (χ3v) is 4.31. The Morgan fingerprint density at radius 2 is 1.88 bits per heavy atom. The zero-order chi connectivity index (χ0) is 16.9. The van der Waals surface area contributed by atoms with E-state index in [4.69, 9.17) is 4.74 Å². The van der Waals surface area contributed by atoms with Gasteiger partial charge in [0.1, 0.15) is 5.82 Å². The average molecular weight is 330 g/mol. The van der Waals surface area contributed by atoms with Crippen LogP contribution in [0.1, 0.15) is 17.2 Å². The average Bonchev–Trinajstić information content (AvgIpc) is 2.62. The second-order valence-electron chi connectivity index (χ2n) is 5.82. The Morgan fingerprint density at radius 3 is 2.54 bits per heavy atom. The highest BCUT2D eigenvalue weighted by molar-refractivity contribution is 5.38. The third-order valence-electron chi connectivity index (χ3n) is 4.31. The Bertz CT molecular complexity index is 703. The number of rotatable bonds is 5. The maximum atomic E-state index is 14.5. The van der Waals surface area contributed by atoms with Crippen LogP contribution < -0.4 is 0 Å². The molecule has 0 amide bonds. The minimum atomic E-state index is -0.484. The Balaban J connectivity index is 1.97. The lowest BCUT2D eigenvalue weighted by atomic mass is 9.96. The van der Waals surface area contributed by atoms with Gasteiger partial charge in [0.2, 0.25) is 0 Å². The molecule has 24 heavy (non-hydrogen) atoms. The van der Waals surface area contributed by atoms with Crippen LogP contribution in [0.2, 0.25) is 0 Å². The van der Waals surface area contributed by atoms with Crippen LogP contribution in [0.3, 0.4) is 0 Å². The molecule has 0 spiro atoms. The van der Waals surface area contributed by atoms with Gasteiger partial charge in [-0.3, -0.25) is 15.0 Å². The molecule has 126 valence electrons. The largest absolute Gasteiger partial charge is 0.379 e. The van der Waals surface area contributed by atoms with Crippen LogP contribution in [0.5, 0.6) is 0 Å². The fourth-order valence-electron chi connectivity index (χ4n) is 3.06. The summed E-state index contributed by atoms with van der Waals surface area (Å²) in [5.74, 6) is -0.409. The first-order chi connectivity index (χ1) is 11.6. The summed E-state index contributed by atoms with van der Waals surface area (Å²) >= 11 is 0. The van der Waals surface area contributed by atoms with Crippen molar-refractivity contribution in [3.63, 3.8) is 0 Å². The van der Waals surface area contributed by atoms with Crippen molar-refractivity contribution in [2.45, 2.75) is 12.5 Å². The van der Waals surface area contributed by atoms with Gasteiger partial charge in [0.25, 0.3) is 5.69 Å². The normalized spacial score (nSPS) is 16.7. The summed E-state index contributed by atoms with van der Waals surface area (Å²) in [6, 6.07) is 13.3. The Kier molecular flexibility index (Phi) is 5.17. The van der Waals surface area contributed by atoms with E-state index in [2.05, 4.69) is 4.90 Å². The maximum Gasteiger partial charge on any atom is 0.269 e. The van der Waals surface area contributed by atoms with Gasteiger partial charge in [-0.05, 0) is 18.1 Å². The molecule has 5 nitrogen and oxygen atoms in total. The minimum absolute atomic E-state index is 0.0854. The molecule has 1 heterocycles. The van der Waals surface area contributed by atoms with Crippen molar-refractivity contribution in [2.24, 2.45) is 0 Å². The number of ether oxygens (including phenoxy) is 1. The molecular weight excluding hydrogens is 311 g/mol. The molecule has 0 aromatic heterocycles. The minimum Gasteiger partial charge on any atom is -0.379 e. The van der Waals surface area contributed by atoms with Crippen LogP contribution in [0.15, 0.2) is 48.5 Å². The first-order valence-corrected chi connectivity index (χ1v) is 7.94. The van der Waals surface area contributed by atoms with Gasteiger partial charge in [-0.25, -0.2) is 4.39 Å². The molecule has 1 saturated heterocycles. The van der Waals surface area contributed by atoms with Crippen molar-refractivity contribution in [3.05, 3.63) is 75.6 Å². The standard InChI is InChI=1S/C18H19FN2O3/c19-17-7-6-15(21(22)23)13-16(17)18(20-8-10-24-11-9-20)12-14-4-2-1-3-5-14/h1-7,13,18H,8-12H2. The van der Waals surface area contributed by atoms with Crippen LogP contribution in [0.4, 0.5) is 10.1 Å². The van der Waals surface area contributed by atoms with Gasteiger partial charge in [0.15, 0.2) is 0 Å². The highest BCUT2D eigenvalue weighted by atomic mass is 19.1. The van der Waals surface area contributed by atoms with Crippen molar-refractivity contribution in [2.75, 3.05) is 26.3 Å². The molecule has 2 aromatic rings. The highest BCUT2D eigenvalue weighted by Gasteiger charge is 2.27. The van der Waals surface area contributed by atoms with Gasteiger partial charge < -0.3 is 4.74 Å². The number of morpholine rings is 1. The van der Waals surface area contributed by atoms with E-state index in [1.54, 1.807) is 0 Å². The van der Waals surface area contributed by atoms with E-state index in [1.807, 2.05) is 30.3 Å². The van der Waals surface area contributed by atoms with Crippen LogP contribution in [0, 0.1) is 15.9 Å². The van der Waals surface area contributed by atoms with E-state index in [9.17, 15) is 14.5 Å². The van der Waals surface area contributed by atoms with Crippen LogP contribution in [-0.2, 0) is 11.2 Å².